The number of anilines is 3. The number of benzene rings is 1. The summed E-state index contributed by atoms with van der Waals surface area (Å²) >= 11 is 0. The van der Waals surface area contributed by atoms with E-state index in [0.717, 1.165) is 60.0 Å². The molecule has 0 aliphatic carbocycles. The average molecular weight is 447 g/mol. The molecule has 2 aromatic heterocycles. The number of nitrogens with zero attached hydrogens (tertiary/aromatic N) is 7. The van der Waals surface area contributed by atoms with Crippen LogP contribution in [0.5, 0.6) is 0 Å². The molecular weight excluding hydrogens is 416 g/mol. The first-order valence-corrected chi connectivity index (χ1v) is 11.6. The van der Waals surface area contributed by atoms with Gasteiger partial charge in [-0.15, -0.1) is 5.10 Å². The van der Waals surface area contributed by atoms with Gasteiger partial charge in [-0.1, -0.05) is 31.2 Å². The average Bonchev–Trinajstić information content (AvgIpc) is 3.46. The van der Waals surface area contributed by atoms with Crippen molar-refractivity contribution in [3.8, 4) is 5.69 Å². The number of fused-ring (bicyclic) bond motifs is 3. The highest BCUT2D eigenvalue weighted by Gasteiger charge is 2.41. The third kappa shape index (κ3) is 4.03. The predicted molar refractivity (Wildman–Crippen MR) is 128 cm³/mol. The van der Waals surface area contributed by atoms with Crippen molar-refractivity contribution in [1.82, 2.24) is 25.0 Å². The van der Waals surface area contributed by atoms with E-state index < -0.39 is 0 Å². The maximum absolute atomic E-state index is 12.7. The molecule has 1 aromatic carbocycles. The maximum Gasteiger partial charge on any atom is 0.249 e. The number of aromatic nitrogens is 5. The lowest BCUT2D eigenvalue weighted by molar-refractivity contribution is -0.119. The fourth-order valence-corrected chi connectivity index (χ4v) is 4.72. The summed E-state index contributed by atoms with van der Waals surface area (Å²) in [5.41, 5.74) is 4.73. The van der Waals surface area contributed by atoms with Crippen LogP contribution in [0.25, 0.3) is 5.69 Å². The highest BCUT2D eigenvalue weighted by molar-refractivity contribution is 6.05. The summed E-state index contributed by atoms with van der Waals surface area (Å²) in [5, 5.41) is 11.9. The van der Waals surface area contributed by atoms with Crippen LogP contribution < -0.4 is 15.1 Å². The Bertz CT molecular complexity index is 1170. The molecule has 33 heavy (non-hydrogen) atoms. The summed E-state index contributed by atoms with van der Waals surface area (Å²) in [4.78, 5) is 26.0. The Kier molecular flexibility index (Phi) is 5.47. The number of amides is 1. The van der Waals surface area contributed by atoms with Gasteiger partial charge in [-0.05, 0) is 49.8 Å². The van der Waals surface area contributed by atoms with Gasteiger partial charge in [0, 0.05) is 20.1 Å². The molecule has 4 heterocycles. The smallest absolute Gasteiger partial charge is 0.249 e. The number of hydrogen-bond donors (Lipinski definition) is 1. The number of nitrogens with one attached hydrogen (secondary N) is 1. The highest BCUT2D eigenvalue weighted by Crippen LogP contribution is 2.40. The molecule has 1 saturated heterocycles. The van der Waals surface area contributed by atoms with Crippen molar-refractivity contribution in [3.05, 3.63) is 47.4 Å². The molecule has 0 bridgehead atoms. The number of aryl methyl sites for hydroxylation is 1. The molecule has 0 spiro atoms. The first-order chi connectivity index (χ1) is 15.9. The van der Waals surface area contributed by atoms with E-state index in [1.54, 1.807) is 4.90 Å². The standard InChI is InChI=1S/C24H30N8O/c1-15(2)12-18-14-32(29-28-18)19-9-7-17(8-10-19)13-25-24-26-16(3)21-22(27-24)31-11-5-6-20(31)23(33)30(21)4/h7-10,14-15,20H,5-6,11-13H2,1-4H3,(H,25,26,27). The van der Waals surface area contributed by atoms with Crippen LogP contribution in [0.15, 0.2) is 30.5 Å². The van der Waals surface area contributed by atoms with Crippen molar-refractivity contribution in [2.24, 2.45) is 5.92 Å². The summed E-state index contributed by atoms with van der Waals surface area (Å²) in [6.45, 7) is 7.75. The molecule has 0 saturated carbocycles. The van der Waals surface area contributed by atoms with E-state index in [1.807, 2.05) is 37.0 Å². The second kappa shape index (κ2) is 8.46. The third-order valence-corrected chi connectivity index (χ3v) is 6.33. The molecule has 172 valence electrons. The molecule has 1 atom stereocenters. The molecule has 5 rings (SSSR count). The van der Waals surface area contributed by atoms with Crippen molar-refractivity contribution in [2.75, 3.05) is 28.7 Å². The van der Waals surface area contributed by atoms with E-state index in [4.69, 9.17) is 4.98 Å². The van der Waals surface area contributed by atoms with Crippen LogP contribution in [0, 0.1) is 12.8 Å². The highest BCUT2D eigenvalue weighted by atomic mass is 16.2. The lowest BCUT2D eigenvalue weighted by atomic mass is 10.1. The Morgan fingerprint density at radius 3 is 2.73 bits per heavy atom. The normalized spacial score (nSPS) is 17.5. The minimum Gasteiger partial charge on any atom is -0.350 e. The topological polar surface area (TPSA) is 92.1 Å². The SMILES string of the molecule is Cc1nc(NCc2ccc(-n3cc(CC(C)C)nn3)cc2)nc2c1N(C)C(=O)C1CCCN21. The first kappa shape index (κ1) is 21.4. The van der Waals surface area contributed by atoms with Crippen LogP contribution in [-0.4, -0.2) is 50.5 Å². The van der Waals surface area contributed by atoms with Gasteiger partial charge in [0.15, 0.2) is 5.82 Å². The van der Waals surface area contributed by atoms with E-state index in [0.29, 0.717) is 18.4 Å². The van der Waals surface area contributed by atoms with Crippen molar-refractivity contribution < 1.29 is 4.79 Å². The van der Waals surface area contributed by atoms with Crippen LogP contribution in [-0.2, 0) is 17.8 Å². The largest absolute Gasteiger partial charge is 0.350 e. The van der Waals surface area contributed by atoms with Gasteiger partial charge in [0.25, 0.3) is 0 Å². The maximum atomic E-state index is 12.7. The Balaban J connectivity index is 1.30. The van der Waals surface area contributed by atoms with Crippen LogP contribution in [0.1, 0.15) is 43.6 Å². The van der Waals surface area contributed by atoms with Crippen LogP contribution >= 0.6 is 0 Å². The fraction of sp³-hybridized carbons (Fsp3) is 0.458. The molecule has 1 amide bonds. The second-order valence-electron chi connectivity index (χ2n) is 9.33. The van der Waals surface area contributed by atoms with Gasteiger partial charge in [-0.3, -0.25) is 4.79 Å². The summed E-state index contributed by atoms with van der Waals surface area (Å²) in [6.07, 6.45) is 4.80. The van der Waals surface area contributed by atoms with Crippen molar-refractivity contribution >= 4 is 23.4 Å². The number of rotatable bonds is 6. The van der Waals surface area contributed by atoms with Crippen LogP contribution in [0.2, 0.25) is 0 Å². The molecule has 1 unspecified atom stereocenters. The Hall–Kier alpha value is -3.49. The molecule has 9 heteroatoms. The predicted octanol–water partition coefficient (Wildman–Crippen LogP) is 3.12. The fourth-order valence-electron chi connectivity index (χ4n) is 4.72. The zero-order valence-corrected chi connectivity index (χ0v) is 19.6. The minimum atomic E-state index is -0.102. The number of carbonyl (C=O) groups excluding carboxylic acids is 1. The summed E-state index contributed by atoms with van der Waals surface area (Å²) in [5.74, 6) is 2.12. The summed E-state index contributed by atoms with van der Waals surface area (Å²) < 4.78 is 1.81. The molecule has 9 nitrogen and oxygen atoms in total. The number of likely N-dealkylation sites (N-methyl/N-ethyl adjacent to an activating group) is 1. The molecule has 3 aromatic rings. The van der Waals surface area contributed by atoms with Gasteiger partial charge in [-0.25, -0.2) is 9.67 Å². The molecule has 0 radical (unpaired) electrons. The second-order valence-corrected chi connectivity index (χ2v) is 9.33. The monoisotopic (exact) mass is 446 g/mol. The summed E-state index contributed by atoms with van der Waals surface area (Å²) in [7, 11) is 1.82. The van der Waals surface area contributed by atoms with Gasteiger partial charge in [-0.2, -0.15) is 4.98 Å². The number of carbonyl (C=O) groups is 1. The molecule has 1 N–H and O–H groups in total. The van der Waals surface area contributed by atoms with E-state index in [1.165, 1.54) is 0 Å². The number of hydrogen-bond acceptors (Lipinski definition) is 7. The zero-order valence-electron chi connectivity index (χ0n) is 19.6. The van der Waals surface area contributed by atoms with Crippen molar-refractivity contribution in [2.45, 2.75) is 52.6 Å². The Labute approximate surface area is 193 Å². The van der Waals surface area contributed by atoms with Crippen LogP contribution in [0.4, 0.5) is 17.5 Å². The van der Waals surface area contributed by atoms with Crippen molar-refractivity contribution in [1.29, 1.82) is 0 Å². The van der Waals surface area contributed by atoms with Gasteiger partial charge in [0.2, 0.25) is 11.9 Å². The lowest BCUT2D eigenvalue weighted by Gasteiger charge is -2.37. The first-order valence-electron chi connectivity index (χ1n) is 11.6. The van der Waals surface area contributed by atoms with E-state index in [9.17, 15) is 4.79 Å². The van der Waals surface area contributed by atoms with Gasteiger partial charge in [0.1, 0.15) is 11.7 Å². The van der Waals surface area contributed by atoms with E-state index in [2.05, 4.69) is 51.5 Å². The van der Waals surface area contributed by atoms with E-state index in [-0.39, 0.29) is 11.9 Å². The van der Waals surface area contributed by atoms with E-state index >= 15 is 0 Å². The molecule has 2 aliphatic rings. The van der Waals surface area contributed by atoms with Crippen molar-refractivity contribution in [3.63, 3.8) is 0 Å². The summed E-state index contributed by atoms with van der Waals surface area (Å²) in [6, 6.07) is 8.12. The molecular formula is C24H30N8O. The van der Waals surface area contributed by atoms with Gasteiger partial charge >= 0.3 is 0 Å². The van der Waals surface area contributed by atoms with Crippen LogP contribution in [0.3, 0.4) is 0 Å². The lowest BCUT2D eigenvalue weighted by Crippen LogP contribution is -2.49. The Morgan fingerprint density at radius 1 is 1.18 bits per heavy atom. The Morgan fingerprint density at radius 2 is 1.97 bits per heavy atom. The minimum absolute atomic E-state index is 0.102. The molecule has 1 fully saturated rings. The third-order valence-electron chi connectivity index (χ3n) is 6.33. The zero-order chi connectivity index (χ0) is 23.1. The van der Waals surface area contributed by atoms with Gasteiger partial charge < -0.3 is 15.1 Å². The quantitative estimate of drug-likeness (QED) is 0.622. The molecule has 2 aliphatic heterocycles. The van der Waals surface area contributed by atoms with Gasteiger partial charge in [0.05, 0.1) is 23.3 Å².